The van der Waals surface area contributed by atoms with E-state index in [0.717, 1.165) is 25.7 Å². The number of allylic oxidation sites excluding steroid dienone is 2. The highest BCUT2D eigenvalue weighted by molar-refractivity contribution is 5.72. The molecule has 0 fully saturated rings. The summed E-state index contributed by atoms with van der Waals surface area (Å²) in [5, 5.41) is 8.72. The van der Waals surface area contributed by atoms with Gasteiger partial charge in [-0.3, -0.25) is 0 Å². The van der Waals surface area contributed by atoms with E-state index >= 15 is 0 Å². The van der Waals surface area contributed by atoms with E-state index in [0.29, 0.717) is 6.61 Å². The van der Waals surface area contributed by atoms with E-state index < -0.39 is 0 Å². The SMILES string of the molecule is OCCCCC1=CCc2ccccc21. The van der Waals surface area contributed by atoms with Crippen molar-refractivity contribution in [3.8, 4) is 0 Å². The van der Waals surface area contributed by atoms with Crippen molar-refractivity contribution in [3.63, 3.8) is 0 Å². The molecule has 1 aliphatic rings. The van der Waals surface area contributed by atoms with E-state index in [1.165, 1.54) is 16.7 Å². The van der Waals surface area contributed by atoms with Crippen molar-refractivity contribution in [1.29, 1.82) is 0 Å². The summed E-state index contributed by atoms with van der Waals surface area (Å²) in [7, 11) is 0. The van der Waals surface area contributed by atoms with E-state index in [-0.39, 0.29) is 0 Å². The van der Waals surface area contributed by atoms with E-state index in [9.17, 15) is 0 Å². The molecule has 0 saturated heterocycles. The van der Waals surface area contributed by atoms with Crippen LogP contribution in [0.15, 0.2) is 30.3 Å². The first-order chi connectivity index (χ1) is 6.92. The number of unbranched alkanes of at least 4 members (excludes halogenated alkanes) is 1. The zero-order chi connectivity index (χ0) is 9.80. The number of hydrogen-bond acceptors (Lipinski definition) is 1. The molecule has 1 heteroatoms. The molecule has 1 aliphatic carbocycles. The monoisotopic (exact) mass is 188 g/mol. The van der Waals surface area contributed by atoms with Gasteiger partial charge in [-0.1, -0.05) is 30.3 Å². The lowest BCUT2D eigenvalue weighted by molar-refractivity contribution is 0.285. The normalized spacial score (nSPS) is 13.9. The lowest BCUT2D eigenvalue weighted by Gasteiger charge is -2.04. The predicted molar refractivity (Wildman–Crippen MR) is 59.1 cm³/mol. The summed E-state index contributed by atoms with van der Waals surface area (Å²) < 4.78 is 0. The van der Waals surface area contributed by atoms with Gasteiger partial charge < -0.3 is 5.11 Å². The fourth-order valence-electron chi connectivity index (χ4n) is 2.02. The van der Waals surface area contributed by atoms with Gasteiger partial charge in [-0.25, -0.2) is 0 Å². The molecule has 0 unspecified atom stereocenters. The van der Waals surface area contributed by atoms with E-state index in [1.54, 1.807) is 0 Å². The molecular formula is C13H16O. The second-order valence-electron chi connectivity index (χ2n) is 3.77. The van der Waals surface area contributed by atoms with Gasteiger partial charge in [-0.15, -0.1) is 0 Å². The van der Waals surface area contributed by atoms with Crippen LogP contribution in [0.1, 0.15) is 30.4 Å². The Balaban J connectivity index is 2.02. The molecule has 0 radical (unpaired) electrons. The molecule has 0 amide bonds. The molecule has 1 N–H and O–H groups in total. The highest BCUT2D eigenvalue weighted by atomic mass is 16.2. The largest absolute Gasteiger partial charge is 0.396 e. The Bertz CT molecular complexity index is 339. The Hall–Kier alpha value is -1.08. The Morgan fingerprint density at radius 2 is 2.00 bits per heavy atom. The maximum absolute atomic E-state index is 8.72. The van der Waals surface area contributed by atoms with Crippen molar-refractivity contribution in [1.82, 2.24) is 0 Å². The van der Waals surface area contributed by atoms with Gasteiger partial charge in [0.15, 0.2) is 0 Å². The smallest absolute Gasteiger partial charge is 0.0431 e. The third-order valence-corrected chi connectivity index (χ3v) is 2.79. The number of aliphatic hydroxyl groups is 1. The minimum absolute atomic E-state index is 0.314. The molecular weight excluding hydrogens is 172 g/mol. The minimum Gasteiger partial charge on any atom is -0.396 e. The predicted octanol–water partition coefficient (Wildman–Crippen LogP) is 2.79. The zero-order valence-electron chi connectivity index (χ0n) is 8.37. The fourth-order valence-corrected chi connectivity index (χ4v) is 2.02. The molecule has 0 bridgehead atoms. The zero-order valence-corrected chi connectivity index (χ0v) is 8.37. The molecule has 14 heavy (non-hydrogen) atoms. The Kier molecular flexibility index (Phi) is 3.00. The van der Waals surface area contributed by atoms with Gasteiger partial charge >= 0.3 is 0 Å². The van der Waals surface area contributed by atoms with E-state index in [4.69, 9.17) is 5.11 Å². The average Bonchev–Trinajstić information content (AvgIpc) is 2.63. The van der Waals surface area contributed by atoms with Crippen LogP contribution in [0.2, 0.25) is 0 Å². The van der Waals surface area contributed by atoms with Gasteiger partial charge in [0.1, 0.15) is 0 Å². The molecule has 1 aromatic carbocycles. The van der Waals surface area contributed by atoms with Crippen LogP contribution in [-0.2, 0) is 6.42 Å². The molecule has 1 nitrogen and oxygen atoms in total. The van der Waals surface area contributed by atoms with Crippen molar-refractivity contribution in [2.24, 2.45) is 0 Å². The molecule has 0 spiro atoms. The summed E-state index contributed by atoms with van der Waals surface area (Å²) in [6.45, 7) is 0.314. The first-order valence-corrected chi connectivity index (χ1v) is 5.30. The Morgan fingerprint density at radius 3 is 2.86 bits per heavy atom. The standard InChI is InChI=1S/C13H16O/c14-10-4-3-6-12-9-8-11-5-1-2-7-13(11)12/h1-2,5,7,9,14H,3-4,6,8,10H2. The summed E-state index contributed by atoms with van der Waals surface area (Å²) in [5.74, 6) is 0. The summed E-state index contributed by atoms with van der Waals surface area (Å²) in [4.78, 5) is 0. The van der Waals surface area contributed by atoms with Crippen LogP contribution in [-0.4, -0.2) is 11.7 Å². The second-order valence-corrected chi connectivity index (χ2v) is 3.77. The maximum Gasteiger partial charge on any atom is 0.0431 e. The van der Waals surface area contributed by atoms with Crippen molar-refractivity contribution in [2.75, 3.05) is 6.61 Å². The van der Waals surface area contributed by atoms with Crippen LogP contribution in [0.4, 0.5) is 0 Å². The van der Waals surface area contributed by atoms with Gasteiger partial charge in [0.2, 0.25) is 0 Å². The average molecular weight is 188 g/mol. The van der Waals surface area contributed by atoms with Crippen LogP contribution in [0.3, 0.4) is 0 Å². The van der Waals surface area contributed by atoms with Crippen molar-refractivity contribution in [3.05, 3.63) is 41.5 Å². The van der Waals surface area contributed by atoms with Crippen LogP contribution in [0.5, 0.6) is 0 Å². The van der Waals surface area contributed by atoms with Gasteiger partial charge in [-0.05, 0) is 42.4 Å². The van der Waals surface area contributed by atoms with Crippen LogP contribution < -0.4 is 0 Å². The molecule has 0 saturated carbocycles. The van der Waals surface area contributed by atoms with E-state index in [1.807, 2.05) is 0 Å². The molecule has 0 aromatic heterocycles. The summed E-state index contributed by atoms with van der Waals surface area (Å²) >= 11 is 0. The summed E-state index contributed by atoms with van der Waals surface area (Å²) in [5.41, 5.74) is 4.34. The third-order valence-electron chi connectivity index (χ3n) is 2.79. The third kappa shape index (κ3) is 1.88. The molecule has 74 valence electrons. The van der Waals surface area contributed by atoms with Crippen molar-refractivity contribution < 1.29 is 5.11 Å². The molecule has 0 heterocycles. The van der Waals surface area contributed by atoms with Crippen LogP contribution in [0.25, 0.3) is 5.57 Å². The number of rotatable bonds is 4. The van der Waals surface area contributed by atoms with Crippen molar-refractivity contribution >= 4 is 5.57 Å². The molecule has 0 atom stereocenters. The second kappa shape index (κ2) is 4.43. The van der Waals surface area contributed by atoms with Crippen molar-refractivity contribution in [2.45, 2.75) is 25.7 Å². The number of benzene rings is 1. The number of aliphatic hydroxyl groups excluding tert-OH is 1. The Labute approximate surface area is 85.1 Å². The first kappa shape index (κ1) is 9.47. The lowest BCUT2D eigenvalue weighted by atomic mass is 10.0. The maximum atomic E-state index is 8.72. The molecule has 2 rings (SSSR count). The lowest BCUT2D eigenvalue weighted by Crippen LogP contribution is -1.86. The first-order valence-electron chi connectivity index (χ1n) is 5.30. The summed E-state index contributed by atoms with van der Waals surface area (Å²) in [6.07, 6.45) is 6.53. The van der Waals surface area contributed by atoms with Crippen LogP contribution >= 0.6 is 0 Å². The quantitative estimate of drug-likeness (QED) is 0.720. The van der Waals surface area contributed by atoms with E-state index in [2.05, 4.69) is 30.3 Å². The minimum atomic E-state index is 0.314. The fraction of sp³-hybridized carbons (Fsp3) is 0.385. The van der Waals surface area contributed by atoms with Gasteiger partial charge in [0.05, 0.1) is 0 Å². The molecule has 1 aromatic rings. The number of hydrogen-bond donors (Lipinski definition) is 1. The van der Waals surface area contributed by atoms with Gasteiger partial charge in [0.25, 0.3) is 0 Å². The van der Waals surface area contributed by atoms with Crippen LogP contribution in [0, 0.1) is 0 Å². The Morgan fingerprint density at radius 1 is 1.14 bits per heavy atom. The van der Waals surface area contributed by atoms with Gasteiger partial charge in [0, 0.05) is 6.61 Å². The highest BCUT2D eigenvalue weighted by Gasteiger charge is 2.11. The topological polar surface area (TPSA) is 20.2 Å². The highest BCUT2D eigenvalue weighted by Crippen LogP contribution is 2.30. The summed E-state index contributed by atoms with van der Waals surface area (Å²) in [6, 6.07) is 8.60. The molecule has 0 aliphatic heterocycles. The van der Waals surface area contributed by atoms with Gasteiger partial charge in [-0.2, -0.15) is 0 Å². The number of fused-ring (bicyclic) bond motifs is 1.